The van der Waals surface area contributed by atoms with E-state index in [1.165, 1.54) is 0 Å². The third-order valence-corrected chi connectivity index (χ3v) is 1.17. The van der Waals surface area contributed by atoms with Crippen molar-refractivity contribution in [1.82, 2.24) is 4.90 Å². The first-order valence-corrected chi connectivity index (χ1v) is 4.00. The van der Waals surface area contributed by atoms with Crippen molar-refractivity contribution in [2.45, 2.75) is 13.3 Å². The van der Waals surface area contributed by atoms with Crippen molar-refractivity contribution in [2.24, 2.45) is 9.98 Å². The standard InChI is InChI=1S/C8H17N3.ClH.6FH/c1-4-9-8-10-6-5-7-11(2)3;;;;;;;/h4-7H2,1-3H3;7*1H. The predicted octanol–water partition coefficient (Wildman–Crippen LogP) is 2.47. The molecule has 0 aliphatic rings. The fourth-order valence-corrected chi connectivity index (χ4v) is 0.637. The first-order chi connectivity index (χ1) is 5.27. The number of hydrogen-bond acceptors (Lipinski definition) is 3. The summed E-state index contributed by atoms with van der Waals surface area (Å²) in [6.45, 7) is 4.67. The van der Waals surface area contributed by atoms with E-state index in [1.54, 1.807) is 0 Å². The minimum absolute atomic E-state index is 0. The summed E-state index contributed by atoms with van der Waals surface area (Å²) in [5.74, 6) is 0. The molecule has 0 spiro atoms. The van der Waals surface area contributed by atoms with Gasteiger partial charge in [0.1, 0.15) is 0 Å². The van der Waals surface area contributed by atoms with Crippen molar-refractivity contribution in [3.63, 3.8) is 0 Å². The molecule has 0 radical (unpaired) electrons. The normalized spacial score (nSPS) is 5.78. The van der Waals surface area contributed by atoms with Gasteiger partial charge in [0.05, 0.1) is 12.6 Å². The zero-order valence-electron chi connectivity index (χ0n) is 10.5. The highest BCUT2D eigenvalue weighted by molar-refractivity contribution is 5.85. The Kier molecular flexibility index (Phi) is 131. The highest BCUT2D eigenvalue weighted by atomic mass is 35.5. The zero-order chi connectivity index (χ0) is 8.53. The van der Waals surface area contributed by atoms with E-state index in [-0.39, 0.29) is 40.6 Å². The fraction of sp³-hybridized carbons (Fsp3) is 0.875. The van der Waals surface area contributed by atoms with Gasteiger partial charge in [-0.05, 0) is 34.0 Å². The summed E-state index contributed by atoms with van der Waals surface area (Å²) in [4.78, 5) is 9.99. The van der Waals surface area contributed by atoms with Crippen molar-refractivity contribution in [1.29, 1.82) is 0 Å². The molecule has 0 saturated heterocycles. The average molecular weight is 312 g/mol. The molecule has 0 fully saturated rings. The van der Waals surface area contributed by atoms with Gasteiger partial charge >= 0.3 is 0 Å². The summed E-state index contributed by atoms with van der Waals surface area (Å²) in [6.07, 6.45) is 1.08. The molecule has 0 saturated carbocycles. The fourth-order valence-electron chi connectivity index (χ4n) is 0.637. The van der Waals surface area contributed by atoms with Gasteiger partial charge in [0.2, 0.25) is 0 Å². The molecule has 0 aromatic carbocycles. The average Bonchev–Trinajstić information content (AvgIpc) is 1.96. The molecular weight excluding hydrogens is 288 g/mol. The van der Waals surface area contributed by atoms with E-state index >= 15 is 0 Å². The van der Waals surface area contributed by atoms with Crippen LogP contribution < -0.4 is 0 Å². The monoisotopic (exact) mass is 311 g/mol. The maximum Gasteiger partial charge on any atom is 0.0892 e. The van der Waals surface area contributed by atoms with Crippen LogP contribution in [0.2, 0.25) is 0 Å². The van der Waals surface area contributed by atoms with E-state index in [0.29, 0.717) is 0 Å². The molecule has 0 bridgehead atoms. The molecule has 0 aromatic rings. The van der Waals surface area contributed by atoms with E-state index < -0.39 is 0 Å². The molecule has 3 nitrogen and oxygen atoms in total. The van der Waals surface area contributed by atoms with Crippen LogP contribution in [0.15, 0.2) is 9.98 Å². The van der Waals surface area contributed by atoms with Crippen molar-refractivity contribution in [3.05, 3.63) is 0 Å². The smallest absolute Gasteiger partial charge is 0.0892 e. The maximum absolute atomic E-state index is 3.99. The van der Waals surface area contributed by atoms with Gasteiger partial charge in [0.25, 0.3) is 0 Å². The quantitative estimate of drug-likeness (QED) is 0.435. The highest BCUT2D eigenvalue weighted by Gasteiger charge is 1.86. The molecule has 0 heterocycles. The minimum atomic E-state index is 0. The molecular formula is C8H24ClF6N3. The Bertz CT molecular complexity index is 156. The number of halogens is 7. The summed E-state index contributed by atoms with van der Waals surface area (Å²) >= 11 is 0. The molecule has 0 amide bonds. The van der Waals surface area contributed by atoms with Crippen LogP contribution in [0, 0.1) is 0 Å². The molecule has 0 aliphatic carbocycles. The molecule has 0 aromatic heterocycles. The molecule has 0 atom stereocenters. The summed E-state index contributed by atoms with van der Waals surface area (Å²) in [7, 11) is 4.12. The summed E-state index contributed by atoms with van der Waals surface area (Å²) in [5, 5.41) is 0. The second-order valence-corrected chi connectivity index (χ2v) is 2.61. The molecule has 0 N–H and O–H groups in total. The molecule has 0 unspecified atom stereocenters. The van der Waals surface area contributed by atoms with Gasteiger partial charge in [-0.3, -0.25) is 28.2 Å². The van der Waals surface area contributed by atoms with Gasteiger partial charge in [-0.2, -0.15) is 0 Å². The Morgan fingerprint density at radius 1 is 0.889 bits per heavy atom. The van der Waals surface area contributed by atoms with Crippen molar-refractivity contribution in [3.8, 4) is 0 Å². The summed E-state index contributed by atoms with van der Waals surface area (Å²) in [6, 6.07) is 2.64. The Labute approximate surface area is 109 Å². The van der Waals surface area contributed by atoms with E-state index in [1.807, 2.05) is 6.92 Å². The van der Waals surface area contributed by atoms with Crippen LogP contribution in [-0.4, -0.2) is 44.6 Å². The SMILES string of the molecule is CCN=C=NCCCN(C)C.Cl.F.F.F.F.F.F. The lowest BCUT2D eigenvalue weighted by molar-refractivity contribution is 0.403. The van der Waals surface area contributed by atoms with Crippen molar-refractivity contribution < 1.29 is 28.2 Å². The largest absolute Gasteiger partial charge is 0.309 e. The van der Waals surface area contributed by atoms with Crippen molar-refractivity contribution in [2.75, 3.05) is 33.7 Å². The van der Waals surface area contributed by atoms with Gasteiger partial charge < -0.3 is 4.90 Å². The topological polar surface area (TPSA) is 28.0 Å². The highest BCUT2D eigenvalue weighted by Crippen LogP contribution is 1.82. The van der Waals surface area contributed by atoms with E-state index in [4.69, 9.17) is 0 Å². The first-order valence-electron chi connectivity index (χ1n) is 4.00. The summed E-state index contributed by atoms with van der Waals surface area (Å²) in [5.41, 5.74) is 0. The molecule has 0 rings (SSSR count). The predicted molar refractivity (Wildman–Crippen MR) is 70.7 cm³/mol. The molecule has 18 heavy (non-hydrogen) atoms. The van der Waals surface area contributed by atoms with Crippen LogP contribution in [-0.2, 0) is 0 Å². The van der Waals surface area contributed by atoms with Crippen LogP contribution in [0.25, 0.3) is 0 Å². The maximum atomic E-state index is 3.99. The lowest BCUT2D eigenvalue weighted by Gasteiger charge is -2.05. The van der Waals surface area contributed by atoms with Crippen LogP contribution in [0.3, 0.4) is 0 Å². The molecule has 10 heteroatoms. The third kappa shape index (κ3) is 59.1. The van der Waals surface area contributed by atoms with Gasteiger partial charge in [0.15, 0.2) is 0 Å². The number of aliphatic imine (C=N–C) groups is 2. The van der Waals surface area contributed by atoms with Crippen LogP contribution in [0.5, 0.6) is 0 Å². The lowest BCUT2D eigenvalue weighted by Crippen LogP contribution is -2.13. The first kappa shape index (κ1) is 53.3. The van der Waals surface area contributed by atoms with Gasteiger partial charge in [0, 0.05) is 6.54 Å². The minimum Gasteiger partial charge on any atom is -0.309 e. The second kappa shape index (κ2) is 44.2. The van der Waals surface area contributed by atoms with Crippen LogP contribution in [0.4, 0.5) is 28.2 Å². The van der Waals surface area contributed by atoms with Gasteiger partial charge in [-0.1, -0.05) is 0 Å². The van der Waals surface area contributed by atoms with Gasteiger partial charge in [-0.15, -0.1) is 12.4 Å². The Hall–Kier alpha value is -0.790. The van der Waals surface area contributed by atoms with Crippen LogP contribution in [0.1, 0.15) is 13.3 Å². The van der Waals surface area contributed by atoms with Gasteiger partial charge in [-0.25, -0.2) is 9.98 Å². The van der Waals surface area contributed by atoms with E-state index in [9.17, 15) is 0 Å². The lowest BCUT2D eigenvalue weighted by atomic mass is 10.4. The molecule has 0 aliphatic heterocycles. The third-order valence-electron chi connectivity index (χ3n) is 1.17. The van der Waals surface area contributed by atoms with Crippen molar-refractivity contribution >= 4 is 18.4 Å². The number of nitrogens with zero attached hydrogens (tertiary/aromatic N) is 3. The Morgan fingerprint density at radius 3 is 1.67 bits per heavy atom. The zero-order valence-corrected chi connectivity index (χ0v) is 11.3. The number of rotatable bonds is 5. The molecule has 120 valence electrons. The van der Waals surface area contributed by atoms with E-state index in [0.717, 1.165) is 26.1 Å². The van der Waals surface area contributed by atoms with Crippen LogP contribution >= 0.6 is 12.4 Å². The number of hydrogen-bond donors (Lipinski definition) is 0. The Balaban J connectivity index is -0.0000000238. The second-order valence-electron chi connectivity index (χ2n) is 2.61. The summed E-state index contributed by atoms with van der Waals surface area (Å²) < 4.78 is 0. The van der Waals surface area contributed by atoms with E-state index in [2.05, 4.69) is 35.0 Å². The Morgan fingerprint density at radius 2 is 1.33 bits per heavy atom.